The van der Waals surface area contributed by atoms with E-state index in [1.165, 1.54) is 6.42 Å². The van der Waals surface area contributed by atoms with Crippen molar-refractivity contribution in [1.82, 2.24) is 15.6 Å². The molecule has 0 radical (unpaired) electrons. The second kappa shape index (κ2) is 9.62. The summed E-state index contributed by atoms with van der Waals surface area (Å²) in [6.07, 6.45) is 5.74. The number of guanidine groups is 1. The number of fused-ring (bicyclic) bond motifs is 2. The molecule has 1 aromatic heterocycles. The number of aliphatic imine (C=N–C) groups is 1. The average molecular weight is 467 g/mol. The zero-order valence-electron chi connectivity index (χ0n) is 13.7. The van der Waals surface area contributed by atoms with Gasteiger partial charge in [0.1, 0.15) is 6.61 Å². The van der Waals surface area contributed by atoms with Crippen LogP contribution in [0.4, 0.5) is 0 Å². The number of nitrogens with one attached hydrogen (secondary N) is 2. The Kier molecular flexibility index (Phi) is 7.83. The van der Waals surface area contributed by atoms with Crippen LogP contribution in [0.25, 0.3) is 0 Å². The lowest BCUT2D eigenvalue weighted by molar-refractivity contribution is 0.0992. The maximum absolute atomic E-state index is 5.87. The summed E-state index contributed by atoms with van der Waals surface area (Å²) in [6.45, 7) is 3.91. The van der Waals surface area contributed by atoms with Crippen LogP contribution in [0.5, 0.6) is 5.88 Å². The minimum atomic E-state index is 0. The van der Waals surface area contributed by atoms with Crippen molar-refractivity contribution < 1.29 is 9.47 Å². The van der Waals surface area contributed by atoms with E-state index in [0.29, 0.717) is 42.3 Å². The smallest absolute Gasteiger partial charge is 0.213 e. The van der Waals surface area contributed by atoms with Crippen LogP contribution < -0.4 is 15.4 Å². The Labute approximate surface area is 164 Å². The maximum atomic E-state index is 5.87. The topological polar surface area (TPSA) is 67.8 Å². The lowest BCUT2D eigenvalue weighted by atomic mass is 9.96. The number of halogens is 2. The summed E-state index contributed by atoms with van der Waals surface area (Å²) in [5.74, 6) is 1.38. The minimum absolute atomic E-state index is 0. The lowest BCUT2D eigenvalue weighted by Gasteiger charge is -2.22. The zero-order valence-corrected chi connectivity index (χ0v) is 16.8. The largest absolute Gasteiger partial charge is 0.476 e. The third-order valence-corrected chi connectivity index (χ3v) is 4.31. The molecule has 2 fully saturated rings. The highest BCUT2D eigenvalue weighted by Crippen LogP contribution is 2.34. The Morgan fingerprint density at radius 2 is 2.33 bits per heavy atom. The highest BCUT2D eigenvalue weighted by molar-refractivity contribution is 14.0. The summed E-state index contributed by atoms with van der Waals surface area (Å²) < 4.78 is 11.4. The van der Waals surface area contributed by atoms with E-state index in [4.69, 9.17) is 21.1 Å². The van der Waals surface area contributed by atoms with Gasteiger partial charge < -0.3 is 20.1 Å². The second-order valence-electron chi connectivity index (χ2n) is 5.78. The fraction of sp³-hybridized carbons (Fsp3) is 0.625. The first kappa shape index (κ1) is 19.5. The zero-order chi connectivity index (χ0) is 16.1. The van der Waals surface area contributed by atoms with Crippen LogP contribution in [0, 0.1) is 0 Å². The van der Waals surface area contributed by atoms with Gasteiger partial charge in [-0.2, -0.15) is 0 Å². The molecule has 134 valence electrons. The van der Waals surface area contributed by atoms with Crippen LogP contribution in [0.3, 0.4) is 0 Å². The van der Waals surface area contributed by atoms with Crippen LogP contribution in [0.2, 0.25) is 5.02 Å². The molecule has 3 atom stereocenters. The molecule has 0 aromatic carbocycles. The Morgan fingerprint density at radius 1 is 1.46 bits per heavy atom. The normalized spacial score (nSPS) is 25.2. The third-order valence-electron chi connectivity index (χ3n) is 4.08. The van der Waals surface area contributed by atoms with E-state index in [1.54, 1.807) is 18.3 Å². The van der Waals surface area contributed by atoms with Gasteiger partial charge in [0.15, 0.2) is 5.96 Å². The molecule has 2 aliphatic heterocycles. The average Bonchev–Trinajstić information content (AvgIpc) is 3.16. The molecule has 8 heteroatoms. The maximum Gasteiger partial charge on any atom is 0.213 e. The summed E-state index contributed by atoms with van der Waals surface area (Å²) in [6, 6.07) is 3.88. The quantitative estimate of drug-likeness (QED) is 0.292. The van der Waals surface area contributed by atoms with Crippen molar-refractivity contribution in [2.45, 2.75) is 44.4 Å². The van der Waals surface area contributed by atoms with Crippen LogP contribution in [0.1, 0.15) is 26.2 Å². The van der Waals surface area contributed by atoms with Gasteiger partial charge in [-0.3, -0.25) is 0 Å². The van der Waals surface area contributed by atoms with Crippen molar-refractivity contribution in [3.8, 4) is 5.88 Å². The number of hydrogen-bond donors (Lipinski definition) is 2. The minimum Gasteiger partial charge on any atom is -0.476 e. The molecule has 24 heavy (non-hydrogen) atoms. The van der Waals surface area contributed by atoms with E-state index < -0.39 is 0 Å². The van der Waals surface area contributed by atoms with Crippen LogP contribution >= 0.6 is 35.6 Å². The van der Waals surface area contributed by atoms with Crippen molar-refractivity contribution >= 4 is 41.5 Å². The Bertz CT molecular complexity index is 543. The first-order valence-corrected chi connectivity index (χ1v) is 8.57. The summed E-state index contributed by atoms with van der Waals surface area (Å²) in [5, 5.41) is 7.35. The van der Waals surface area contributed by atoms with Gasteiger partial charge in [0, 0.05) is 18.8 Å². The number of nitrogens with zero attached hydrogens (tertiary/aromatic N) is 2. The Morgan fingerprint density at radius 3 is 2.96 bits per heavy atom. The predicted octanol–water partition coefficient (Wildman–Crippen LogP) is 2.61. The SMILES string of the molecule is CCNC(=NCCOc1ccc(Cl)cn1)NC1CC2CCC1O2.I. The van der Waals surface area contributed by atoms with Gasteiger partial charge in [-0.1, -0.05) is 11.6 Å². The molecule has 3 unspecified atom stereocenters. The van der Waals surface area contributed by atoms with Crippen molar-refractivity contribution in [3.05, 3.63) is 23.4 Å². The molecule has 2 bridgehead atoms. The molecule has 0 saturated carbocycles. The third kappa shape index (κ3) is 5.35. The molecule has 0 amide bonds. The van der Waals surface area contributed by atoms with Crippen molar-refractivity contribution in [3.63, 3.8) is 0 Å². The van der Waals surface area contributed by atoms with E-state index in [2.05, 4.69) is 27.5 Å². The first-order valence-electron chi connectivity index (χ1n) is 8.19. The Hall–Kier alpha value is -0.800. The lowest BCUT2D eigenvalue weighted by Crippen LogP contribution is -2.47. The fourth-order valence-corrected chi connectivity index (χ4v) is 3.15. The molecule has 2 aliphatic rings. The van der Waals surface area contributed by atoms with E-state index in [0.717, 1.165) is 25.3 Å². The molecule has 2 N–H and O–H groups in total. The van der Waals surface area contributed by atoms with Crippen molar-refractivity contribution in [2.75, 3.05) is 19.7 Å². The van der Waals surface area contributed by atoms with Crippen LogP contribution in [0.15, 0.2) is 23.3 Å². The van der Waals surface area contributed by atoms with Crippen LogP contribution in [-0.4, -0.2) is 48.9 Å². The summed E-state index contributed by atoms with van der Waals surface area (Å²) >= 11 is 5.79. The van der Waals surface area contributed by atoms with E-state index in [-0.39, 0.29) is 24.0 Å². The van der Waals surface area contributed by atoms with Gasteiger partial charge >= 0.3 is 0 Å². The second-order valence-corrected chi connectivity index (χ2v) is 6.22. The molecule has 3 rings (SSSR count). The summed E-state index contributed by atoms with van der Waals surface area (Å²) in [7, 11) is 0. The highest BCUT2D eigenvalue weighted by Gasteiger charge is 2.41. The number of pyridine rings is 1. The van der Waals surface area contributed by atoms with Gasteiger partial charge in [-0.05, 0) is 32.3 Å². The number of hydrogen-bond acceptors (Lipinski definition) is 4. The highest BCUT2D eigenvalue weighted by atomic mass is 127. The van der Waals surface area contributed by atoms with Gasteiger partial charge in [-0.15, -0.1) is 24.0 Å². The van der Waals surface area contributed by atoms with Gasteiger partial charge in [-0.25, -0.2) is 9.98 Å². The van der Waals surface area contributed by atoms with Crippen molar-refractivity contribution in [1.29, 1.82) is 0 Å². The van der Waals surface area contributed by atoms with E-state index >= 15 is 0 Å². The number of rotatable bonds is 6. The fourth-order valence-electron chi connectivity index (χ4n) is 3.04. The Balaban J connectivity index is 0.00000208. The molecular formula is C16H24ClIN4O2. The van der Waals surface area contributed by atoms with Gasteiger partial charge in [0.05, 0.1) is 29.8 Å². The van der Waals surface area contributed by atoms with E-state index in [1.807, 2.05) is 0 Å². The standard InChI is InChI=1S/C16H23ClN4O2.HI/c1-2-18-16(21-13-9-12-4-5-14(13)23-12)19-7-8-22-15-6-3-11(17)10-20-15;/h3,6,10,12-14H,2,4-5,7-9H2,1H3,(H2,18,19,21);1H. The molecule has 3 heterocycles. The molecule has 1 aromatic rings. The summed E-state index contributed by atoms with van der Waals surface area (Å²) in [5.41, 5.74) is 0. The monoisotopic (exact) mass is 466 g/mol. The van der Waals surface area contributed by atoms with Crippen LogP contribution in [-0.2, 0) is 4.74 Å². The summed E-state index contributed by atoms with van der Waals surface area (Å²) in [4.78, 5) is 8.64. The number of ether oxygens (including phenoxy) is 2. The molecular weight excluding hydrogens is 443 g/mol. The number of aromatic nitrogens is 1. The van der Waals surface area contributed by atoms with Gasteiger partial charge in [0.2, 0.25) is 5.88 Å². The first-order chi connectivity index (χ1) is 11.2. The van der Waals surface area contributed by atoms with Crippen molar-refractivity contribution in [2.24, 2.45) is 4.99 Å². The van der Waals surface area contributed by atoms with Gasteiger partial charge in [0.25, 0.3) is 0 Å². The molecule has 0 spiro atoms. The molecule has 0 aliphatic carbocycles. The van der Waals surface area contributed by atoms with E-state index in [9.17, 15) is 0 Å². The predicted molar refractivity (Wildman–Crippen MR) is 106 cm³/mol. The molecule has 6 nitrogen and oxygen atoms in total. The molecule has 2 saturated heterocycles.